The SMILES string of the molecule is Oc1noc2c(F)cccc12. The molecule has 0 saturated carbocycles. The molecule has 1 N–H and O–H groups in total. The summed E-state index contributed by atoms with van der Waals surface area (Å²) in [5.74, 6) is -0.796. The first-order chi connectivity index (χ1) is 5.29. The van der Waals surface area contributed by atoms with Gasteiger partial charge in [0, 0.05) is 0 Å². The molecule has 11 heavy (non-hydrogen) atoms. The summed E-state index contributed by atoms with van der Waals surface area (Å²) in [4.78, 5) is 0. The van der Waals surface area contributed by atoms with E-state index in [1.807, 2.05) is 0 Å². The zero-order chi connectivity index (χ0) is 7.84. The van der Waals surface area contributed by atoms with Gasteiger partial charge in [-0.3, -0.25) is 0 Å². The fourth-order valence-corrected chi connectivity index (χ4v) is 0.916. The third-order valence-electron chi connectivity index (χ3n) is 1.43. The molecule has 0 fully saturated rings. The third kappa shape index (κ3) is 0.756. The van der Waals surface area contributed by atoms with Crippen LogP contribution in [-0.2, 0) is 0 Å². The minimum atomic E-state index is -0.518. The van der Waals surface area contributed by atoms with Crippen LogP contribution in [0.3, 0.4) is 0 Å². The van der Waals surface area contributed by atoms with Crippen molar-refractivity contribution in [3.8, 4) is 5.88 Å². The number of hydrogen-bond donors (Lipinski definition) is 1. The predicted molar refractivity (Wildman–Crippen MR) is 35.6 cm³/mol. The van der Waals surface area contributed by atoms with Gasteiger partial charge in [0.1, 0.15) is 0 Å². The van der Waals surface area contributed by atoms with Crippen molar-refractivity contribution in [1.29, 1.82) is 0 Å². The first-order valence-corrected chi connectivity index (χ1v) is 3.02. The minimum Gasteiger partial charge on any atom is -0.491 e. The molecule has 2 aromatic rings. The van der Waals surface area contributed by atoms with Gasteiger partial charge in [0.15, 0.2) is 5.82 Å². The number of para-hydroxylation sites is 1. The summed E-state index contributed by atoms with van der Waals surface area (Å²) < 4.78 is 17.3. The number of benzene rings is 1. The second-order valence-electron chi connectivity index (χ2n) is 2.12. The van der Waals surface area contributed by atoms with E-state index in [1.165, 1.54) is 18.2 Å². The molecule has 4 heteroatoms. The highest BCUT2D eigenvalue weighted by Gasteiger charge is 2.09. The molecule has 0 unspecified atom stereocenters. The average Bonchev–Trinajstić information content (AvgIpc) is 2.35. The summed E-state index contributed by atoms with van der Waals surface area (Å²) in [6.07, 6.45) is 0. The lowest BCUT2D eigenvalue weighted by Crippen LogP contribution is -1.71. The molecule has 0 bridgehead atoms. The topological polar surface area (TPSA) is 46.3 Å². The second-order valence-corrected chi connectivity index (χ2v) is 2.12. The normalized spacial score (nSPS) is 10.6. The molecular formula is C7H4FNO2. The molecule has 0 atom stereocenters. The Morgan fingerprint density at radius 3 is 3.00 bits per heavy atom. The van der Waals surface area contributed by atoms with Crippen molar-refractivity contribution in [3.63, 3.8) is 0 Å². The largest absolute Gasteiger partial charge is 0.491 e. The number of halogens is 1. The average molecular weight is 153 g/mol. The summed E-state index contributed by atoms with van der Waals surface area (Å²) in [7, 11) is 0. The van der Waals surface area contributed by atoms with Gasteiger partial charge in [-0.25, -0.2) is 4.39 Å². The van der Waals surface area contributed by atoms with Crippen LogP contribution in [0.25, 0.3) is 11.0 Å². The van der Waals surface area contributed by atoms with Crippen molar-refractivity contribution < 1.29 is 14.0 Å². The fourth-order valence-electron chi connectivity index (χ4n) is 0.916. The number of aromatic nitrogens is 1. The number of fused-ring (bicyclic) bond motifs is 1. The van der Waals surface area contributed by atoms with Gasteiger partial charge >= 0.3 is 0 Å². The highest BCUT2D eigenvalue weighted by Crippen LogP contribution is 2.24. The van der Waals surface area contributed by atoms with Crippen molar-refractivity contribution in [3.05, 3.63) is 24.0 Å². The number of nitrogens with zero attached hydrogens (tertiary/aromatic N) is 1. The summed E-state index contributed by atoms with van der Waals surface area (Å²) in [6, 6.07) is 4.26. The molecule has 2 rings (SSSR count). The van der Waals surface area contributed by atoms with Crippen molar-refractivity contribution in [2.24, 2.45) is 0 Å². The molecular weight excluding hydrogens is 149 g/mol. The van der Waals surface area contributed by atoms with E-state index in [9.17, 15) is 4.39 Å². The molecule has 1 aromatic carbocycles. The Kier molecular flexibility index (Phi) is 1.09. The predicted octanol–water partition coefficient (Wildman–Crippen LogP) is 1.67. The molecule has 0 aliphatic rings. The Bertz CT molecular complexity index is 396. The van der Waals surface area contributed by atoms with Crippen LogP contribution in [0.5, 0.6) is 5.88 Å². The van der Waals surface area contributed by atoms with Crippen LogP contribution in [0.1, 0.15) is 0 Å². The van der Waals surface area contributed by atoms with Crippen molar-refractivity contribution in [2.75, 3.05) is 0 Å². The van der Waals surface area contributed by atoms with Gasteiger partial charge in [-0.2, -0.15) is 0 Å². The van der Waals surface area contributed by atoms with E-state index < -0.39 is 5.82 Å². The van der Waals surface area contributed by atoms with Crippen molar-refractivity contribution in [1.82, 2.24) is 5.16 Å². The van der Waals surface area contributed by atoms with Gasteiger partial charge in [0.05, 0.1) is 5.39 Å². The van der Waals surface area contributed by atoms with E-state index in [-0.39, 0.29) is 11.5 Å². The molecule has 0 radical (unpaired) electrons. The Hall–Kier alpha value is -1.58. The van der Waals surface area contributed by atoms with E-state index in [4.69, 9.17) is 5.11 Å². The van der Waals surface area contributed by atoms with Gasteiger partial charge in [0.2, 0.25) is 5.58 Å². The van der Waals surface area contributed by atoms with Gasteiger partial charge in [0.25, 0.3) is 5.88 Å². The van der Waals surface area contributed by atoms with E-state index in [0.29, 0.717) is 5.39 Å². The highest BCUT2D eigenvalue weighted by atomic mass is 19.1. The lowest BCUT2D eigenvalue weighted by Gasteiger charge is -1.85. The van der Waals surface area contributed by atoms with E-state index in [0.717, 1.165) is 0 Å². The van der Waals surface area contributed by atoms with E-state index in [1.54, 1.807) is 0 Å². The lowest BCUT2D eigenvalue weighted by molar-refractivity contribution is 0.371. The Balaban J connectivity index is 2.94. The summed E-state index contributed by atoms with van der Waals surface area (Å²) in [6.45, 7) is 0. The third-order valence-corrected chi connectivity index (χ3v) is 1.43. The Labute approximate surface area is 61.0 Å². The first kappa shape index (κ1) is 6.15. The maximum atomic E-state index is 12.8. The quantitative estimate of drug-likeness (QED) is 0.626. The fraction of sp³-hybridized carbons (Fsp3) is 0. The van der Waals surface area contributed by atoms with Gasteiger partial charge in [-0.1, -0.05) is 6.07 Å². The maximum Gasteiger partial charge on any atom is 0.259 e. The van der Waals surface area contributed by atoms with Crippen LogP contribution < -0.4 is 0 Å². The number of rotatable bonds is 0. The molecule has 0 saturated heterocycles. The summed E-state index contributed by atoms with van der Waals surface area (Å²) in [5, 5.41) is 12.5. The van der Waals surface area contributed by atoms with Gasteiger partial charge in [-0.15, -0.1) is 0 Å². The molecule has 0 amide bonds. The molecule has 56 valence electrons. The highest BCUT2D eigenvalue weighted by molar-refractivity contribution is 5.81. The molecule has 1 aromatic heterocycles. The van der Waals surface area contributed by atoms with Crippen LogP contribution in [-0.4, -0.2) is 10.3 Å². The Morgan fingerprint density at radius 2 is 2.27 bits per heavy atom. The van der Waals surface area contributed by atoms with Crippen molar-refractivity contribution >= 4 is 11.0 Å². The van der Waals surface area contributed by atoms with Crippen LogP contribution in [0.15, 0.2) is 22.7 Å². The van der Waals surface area contributed by atoms with Gasteiger partial charge in [-0.05, 0) is 17.3 Å². The van der Waals surface area contributed by atoms with E-state index >= 15 is 0 Å². The molecule has 0 aliphatic heterocycles. The monoisotopic (exact) mass is 153 g/mol. The number of aromatic hydroxyl groups is 1. The van der Waals surface area contributed by atoms with Crippen molar-refractivity contribution in [2.45, 2.75) is 0 Å². The zero-order valence-corrected chi connectivity index (χ0v) is 5.41. The first-order valence-electron chi connectivity index (χ1n) is 3.02. The summed E-state index contributed by atoms with van der Waals surface area (Å²) in [5.41, 5.74) is -0.00926. The Morgan fingerprint density at radius 1 is 1.45 bits per heavy atom. The van der Waals surface area contributed by atoms with Crippen LogP contribution in [0, 0.1) is 5.82 Å². The number of hydrogen-bond acceptors (Lipinski definition) is 3. The lowest BCUT2D eigenvalue weighted by atomic mass is 10.2. The second kappa shape index (κ2) is 1.95. The molecule has 0 aliphatic carbocycles. The molecule has 1 heterocycles. The van der Waals surface area contributed by atoms with E-state index in [2.05, 4.69) is 9.68 Å². The molecule has 0 spiro atoms. The smallest absolute Gasteiger partial charge is 0.259 e. The maximum absolute atomic E-state index is 12.8. The molecule has 3 nitrogen and oxygen atoms in total. The minimum absolute atomic E-state index is 0.00926. The zero-order valence-electron chi connectivity index (χ0n) is 5.41. The van der Waals surface area contributed by atoms with Gasteiger partial charge < -0.3 is 9.63 Å². The van der Waals surface area contributed by atoms with Crippen LogP contribution >= 0.6 is 0 Å². The van der Waals surface area contributed by atoms with Crippen LogP contribution in [0.4, 0.5) is 4.39 Å². The summed E-state index contributed by atoms with van der Waals surface area (Å²) >= 11 is 0. The van der Waals surface area contributed by atoms with Crippen LogP contribution in [0.2, 0.25) is 0 Å². The standard InChI is InChI=1S/C7H4FNO2/c8-5-3-1-2-4-6(5)11-9-7(4)10/h1-3H,(H,9,10).